The van der Waals surface area contributed by atoms with Gasteiger partial charge in [-0.05, 0) is 49.9 Å². The van der Waals surface area contributed by atoms with Crippen molar-refractivity contribution < 1.29 is 9.53 Å². The number of likely N-dealkylation sites (N-methyl/N-ethyl adjacent to an activating group) is 1. The molecule has 134 valence electrons. The van der Waals surface area contributed by atoms with Crippen molar-refractivity contribution in [1.82, 2.24) is 0 Å². The van der Waals surface area contributed by atoms with Gasteiger partial charge in [-0.2, -0.15) is 0 Å². The number of halogens is 1. The summed E-state index contributed by atoms with van der Waals surface area (Å²) in [5.41, 5.74) is 8.73. The molecular formula is C19H29ClN2O2. The summed E-state index contributed by atoms with van der Waals surface area (Å²) in [5.74, 6) is 0.117. The molecular weight excluding hydrogens is 324 g/mol. The van der Waals surface area contributed by atoms with Gasteiger partial charge in [0.25, 0.3) is 0 Å². The lowest BCUT2D eigenvalue weighted by atomic mass is 9.46. The first-order valence-corrected chi connectivity index (χ1v) is 8.46. The number of rotatable bonds is 2. The maximum Gasteiger partial charge on any atom is 0.247 e. The van der Waals surface area contributed by atoms with Crippen LogP contribution >= 0.6 is 12.4 Å². The molecule has 0 bridgehead atoms. The summed E-state index contributed by atoms with van der Waals surface area (Å²) in [6.45, 7) is 9.00. The number of carbonyl (C=O) groups excluding carboxylic acids is 1. The van der Waals surface area contributed by atoms with Crippen molar-refractivity contribution in [2.24, 2.45) is 17.1 Å². The number of hydrogen-bond acceptors (Lipinski definition) is 3. The molecule has 3 unspecified atom stereocenters. The largest absolute Gasteiger partial charge is 0.377 e. The summed E-state index contributed by atoms with van der Waals surface area (Å²) in [6.07, 6.45) is 2.05. The Kier molecular flexibility index (Phi) is 5.06. The van der Waals surface area contributed by atoms with E-state index in [-0.39, 0.29) is 35.8 Å². The number of fused-ring (bicyclic) bond motifs is 1. The minimum absolute atomic E-state index is 0. The number of carbonyl (C=O) groups is 1. The normalized spacial score (nSPS) is 30.6. The van der Waals surface area contributed by atoms with E-state index in [9.17, 15) is 4.79 Å². The topological polar surface area (TPSA) is 55.6 Å². The number of nitrogens with zero attached hydrogens (tertiary/aromatic N) is 1. The quantitative estimate of drug-likeness (QED) is 0.889. The van der Waals surface area contributed by atoms with E-state index in [1.165, 1.54) is 0 Å². The van der Waals surface area contributed by atoms with Gasteiger partial charge in [0.2, 0.25) is 5.91 Å². The Morgan fingerprint density at radius 1 is 1.25 bits per heavy atom. The minimum atomic E-state index is -0.857. The third-order valence-electron chi connectivity index (χ3n) is 5.94. The molecule has 1 heterocycles. The highest BCUT2D eigenvalue weighted by molar-refractivity contribution is 6.02. The van der Waals surface area contributed by atoms with Crippen LogP contribution in [0.5, 0.6) is 0 Å². The summed E-state index contributed by atoms with van der Waals surface area (Å²) in [6, 6.07) is 6.18. The molecule has 1 aromatic carbocycles. The molecule has 1 amide bonds. The van der Waals surface area contributed by atoms with Crippen LogP contribution in [0.2, 0.25) is 0 Å². The highest BCUT2D eigenvalue weighted by atomic mass is 35.5. The Bertz CT molecular complexity index is 626. The monoisotopic (exact) mass is 352 g/mol. The maximum absolute atomic E-state index is 13.3. The van der Waals surface area contributed by atoms with Crippen molar-refractivity contribution >= 4 is 24.0 Å². The first-order chi connectivity index (χ1) is 10.7. The zero-order chi connectivity index (χ0) is 17.0. The summed E-state index contributed by atoms with van der Waals surface area (Å²) in [4.78, 5) is 15.0. The van der Waals surface area contributed by atoms with E-state index < -0.39 is 5.54 Å². The van der Waals surface area contributed by atoms with Crippen molar-refractivity contribution in [2.75, 3.05) is 18.6 Å². The second-order valence-corrected chi connectivity index (χ2v) is 7.84. The summed E-state index contributed by atoms with van der Waals surface area (Å²) < 4.78 is 5.91. The SMILES string of the molecule is Cc1cc(C)cc(N(C)C(=O)C2(N)C3CCCOC3C2(C)C)c1.Cl. The molecule has 1 aromatic rings. The van der Waals surface area contributed by atoms with Crippen molar-refractivity contribution in [3.8, 4) is 0 Å². The maximum atomic E-state index is 13.3. The minimum Gasteiger partial charge on any atom is -0.377 e. The second-order valence-electron chi connectivity index (χ2n) is 7.84. The Hall–Kier alpha value is -1.10. The van der Waals surface area contributed by atoms with Gasteiger partial charge in [-0.1, -0.05) is 19.9 Å². The van der Waals surface area contributed by atoms with E-state index >= 15 is 0 Å². The van der Waals surface area contributed by atoms with Crippen molar-refractivity contribution in [1.29, 1.82) is 0 Å². The molecule has 1 aliphatic heterocycles. The number of hydrogen-bond donors (Lipinski definition) is 1. The lowest BCUT2D eigenvalue weighted by molar-refractivity contribution is -0.223. The van der Waals surface area contributed by atoms with Crippen LogP contribution in [0.1, 0.15) is 37.8 Å². The van der Waals surface area contributed by atoms with Crippen LogP contribution < -0.4 is 10.6 Å². The average molecular weight is 353 g/mol. The lowest BCUT2D eigenvalue weighted by Crippen LogP contribution is -2.82. The second kappa shape index (κ2) is 6.32. The summed E-state index contributed by atoms with van der Waals surface area (Å²) in [7, 11) is 1.83. The Labute approximate surface area is 151 Å². The Balaban J connectivity index is 0.00000208. The van der Waals surface area contributed by atoms with Gasteiger partial charge in [0.05, 0.1) is 6.10 Å². The molecule has 24 heavy (non-hydrogen) atoms. The van der Waals surface area contributed by atoms with Crippen LogP contribution in [0.15, 0.2) is 18.2 Å². The van der Waals surface area contributed by atoms with Crippen LogP contribution in [0.4, 0.5) is 5.69 Å². The van der Waals surface area contributed by atoms with E-state index in [0.29, 0.717) is 0 Å². The van der Waals surface area contributed by atoms with Crippen LogP contribution in [0, 0.1) is 25.2 Å². The van der Waals surface area contributed by atoms with Gasteiger partial charge in [0.1, 0.15) is 5.54 Å². The lowest BCUT2D eigenvalue weighted by Gasteiger charge is -2.65. The smallest absolute Gasteiger partial charge is 0.247 e. The van der Waals surface area contributed by atoms with Crippen LogP contribution in [-0.4, -0.2) is 31.2 Å². The molecule has 0 aromatic heterocycles. The van der Waals surface area contributed by atoms with Gasteiger partial charge < -0.3 is 15.4 Å². The third kappa shape index (κ3) is 2.56. The van der Waals surface area contributed by atoms with Gasteiger partial charge in [-0.15, -0.1) is 12.4 Å². The molecule has 1 saturated carbocycles. The molecule has 3 atom stereocenters. The number of aryl methyl sites for hydroxylation is 2. The van der Waals surface area contributed by atoms with Gasteiger partial charge in [-0.3, -0.25) is 4.79 Å². The molecule has 2 fully saturated rings. The predicted octanol–water partition coefficient (Wildman–Crippen LogP) is 3.22. The van der Waals surface area contributed by atoms with Crippen molar-refractivity contribution in [3.63, 3.8) is 0 Å². The standard InChI is InChI=1S/C19H28N2O2.ClH/c1-12-9-13(2)11-14(10-12)21(5)17(22)19(20)15-7-6-8-23-16(15)18(19,3)4;/h9-11,15-16H,6-8,20H2,1-5H3;1H. The van der Waals surface area contributed by atoms with E-state index in [4.69, 9.17) is 10.5 Å². The van der Waals surface area contributed by atoms with Gasteiger partial charge in [0, 0.05) is 30.7 Å². The molecule has 1 aliphatic carbocycles. The van der Waals surface area contributed by atoms with Gasteiger partial charge >= 0.3 is 0 Å². The van der Waals surface area contributed by atoms with Crippen LogP contribution in [0.25, 0.3) is 0 Å². The third-order valence-corrected chi connectivity index (χ3v) is 5.94. The van der Waals surface area contributed by atoms with E-state index in [1.54, 1.807) is 4.90 Å². The first-order valence-electron chi connectivity index (χ1n) is 8.46. The molecule has 4 nitrogen and oxygen atoms in total. The highest BCUT2D eigenvalue weighted by Gasteiger charge is 2.70. The number of benzene rings is 1. The molecule has 2 N–H and O–H groups in total. The zero-order valence-corrected chi connectivity index (χ0v) is 16.1. The first kappa shape index (κ1) is 19.2. The highest BCUT2D eigenvalue weighted by Crippen LogP contribution is 2.58. The number of nitrogens with two attached hydrogens (primary N) is 1. The van der Waals surface area contributed by atoms with Gasteiger partial charge in [0.15, 0.2) is 0 Å². The van der Waals surface area contributed by atoms with Gasteiger partial charge in [-0.25, -0.2) is 0 Å². The fraction of sp³-hybridized carbons (Fsp3) is 0.632. The van der Waals surface area contributed by atoms with Crippen LogP contribution in [-0.2, 0) is 9.53 Å². The fourth-order valence-corrected chi connectivity index (χ4v) is 4.55. The molecule has 1 saturated heterocycles. The summed E-state index contributed by atoms with van der Waals surface area (Å²) >= 11 is 0. The van der Waals surface area contributed by atoms with E-state index in [0.717, 1.165) is 36.3 Å². The molecule has 0 radical (unpaired) electrons. The van der Waals surface area contributed by atoms with E-state index in [2.05, 4.69) is 19.9 Å². The Morgan fingerprint density at radius 3 is 2.42 bits per heavy atom. The molecule has 3 rings (SSSR count). The van der Waals surface area contributed by atoms with Crippen LogP contribution in [0.3, 0.4) is 0 Å². The Morgan fingerprint density at radius 2 is 1.83 bits per heavy atom. The van der Waals surface area contributed by atoms with E-state index in [1.807, 2.05) is 33.0 Å². The predicted molar refractivity (Wildman–Crippen MR) is 99.7 cm³/mol. The summed E-state index contributed by atoms with van der Waals surface area (Å²) in [5, 5.41) is 0. The molecule has 0 spiro atoms. The average Bonchev–Trinajstić information content (AvgIpc) is 2.51. The van der Waals surface area contributed by atoms with Crippen molar-refractivity contribution in [2.45, 2.75) is 52.2 Å². The molecule has 5 heteroatoms. The molecule has 2 aliphatic rings. The van der Waals surface area contributed by atoms with Crippen molar-refractivity contribution in [3.05, 3.63) is 29.3 Å². The number of ether oxygens (including phenoxy) is 1. The fourth-order valence-electron chi connectivity index (χ4n) is 4.55. The zero-order valence-electron chi connectivity index (χ0n) is 15.3. The number of anilines is 1. The number of amides is 1.